The van der Waals surface area contributed by atoms with Gasteiger partial charge in [-0.15, -0.1) is 0 Å². The van der Waals surface area contributed by atoms with E-state index in [4.69, 9.17) is 23.2 Å². The summed E-state index contributed by atoms with van der Waals surface area (Å²) in [7, 11) is 0. The molecule has 2 heterocycles. The number of nitrogens with one attached hydrogen (secondary N) is 1. The third-order valence-electron chi connectivity index (χ3n) is 4.83. The molecule has 0 unspecified atom stereocenters. The number of aromatic nitrogens is 1. The summed E-state index contributed by atoms with van der Waals surface area (Å²) in [4.78, 5) is 31.7. The molecule has 0 saturated carbocycles. The van der Waals surface area contributed by atoms with Crippen molar-refractivity contribution in [3.63, 3.8) is 0 Å². The number of benzene rings is 2. The van der Waals surface area contributed by atoms with Gasteiger partial charge in [-0.3, -0.25) is 19.5 Å². The summed E-state index contributed by atoms with van der Waals surface area (Å²) < 4.78 is 0. The van der Waals surface area contributed by atoms with Crippen LogP contribution in [-0.2, 0) is 16.1 Å². The Morgan fingerprint density at radius 3 is 2.30 bits per heavy atom. The van der Waals surface area contributed by atoms with Crippen molar-refractivity contribution < 1.29 is 9.59 Å². The van der Waals surface area contributed by atoms with Gasteiger partial charge in [0.15, 0.2) is 0 Å². The Hall–Kier alpha value is -3.15. The van der Waals surface area contributed by atoms with Crippen LogP contribution in [-0.4, -0.2) is 21.7 Å². The van der Waals surface area contributed by atoms with Crippen molar-refractivity contribution in [3.8, 4) is 0 Å². The van der Waals surface area contributed by atoms with E-state index in [1.807, 2.05) is 19.1 Å². The smallest absolute Gasteiger partial charge is 0.278 e. The lowest BCUT2D eigenvalue weighted by atomic mass is 10.0. The number of amides is 2. The van der Waals surface area contributed by atoms with E-state index in [9.17, 15) is 9.59 Å². The second-order valence-corrected chi connectivity index (χ2v) is 7.74. The molecule has 0 saturated heterocycles. The minimum Gasteiger partial charge on any atom is -0.350 e. The summed E-state index contributed by atoms with van der Waals surface area (Å²) >= 11 is 12.2. The maximum Gasteiger partial charge on any atom is 0.278 e. The molecule has 0 spiro atoms. The third kappa shape index (κ3) is 3.95. The Balaban J connectivity index is 1.75. The molecule has 150 valence electrons. The highest BCUT2D eigenvalue weighted by Crippen LogP contribution is 2.32. The first-order valence-electron chi connectivity index (χ1n) is 9.22. The largest absolute Gasteiger partial charge is 0.350 e. The summed E-state index contributed by atoms with van der Waals surface area (Å²) in [5.41, 5.74) is 3.46. The summed E-state index contributed by atoms with van der Waals surface area (Å²) in [6.07, 6.45) is 3.25. The molecule has 1 N–H and O–H groups in total. The highest BCUT2D eigenvalue weighted by Gasteiger charge is 2.39. The summed E-state index contributed by atoms with van der Waals surface area (Å²) in [6, 6.07) is 15.8. The Morgan fingerprint density at radius 1 is 0.933 bits per heavy atom. The predicted molar refractivity (Wildman–Crippen MR) is 118 cm³/mol. The van der Waals surface area contributed by atoms with Crippen LogP contribution < -0.4 is 5.32 Å². The van der Waals surface area contributed by atoms with Crippen LogP contribution in [0.2, 0.25) is 10.0 Å². The molecule has 0 bridgehead atoms. The van der Waals surface area contributed by atoms with Crippen molar-refractivity contribution in [2.75, 3.05) is 5.32 Å². The lowest BCUT2D eigenvalue weighted by Gasteiger charge is -2.15. The topological polar surface area (TPSA) is 62.3 Å². The Bertz CT molecular complexity index is 1160. The lowest BCUT2D eigenvalue weighted by Crippen LogP contribution is -2.32. The molecule has 1 aliphatic rings. The standard InChI is InChI=1S/C23H17Cl2N3O2/c1-14-2-7-18(12-19(14)25)27-21-20(16-3-5-17(24)6-4-16)22(29)28(23(21)30)13-15-8-10-26-11-9-15/h2-12,27H,13H2,1H3. The molecule has 0 fully saturated rings. The number of carbonyl (C=O) groups is 2. The van der Waals surface area contributed by atoms with E-state index < -0.39 is 5.91 Å². The van der Waals surface area contributed by atoms with E-state index in [0.29, 0.717) is 26.9 Å². The van der Waals surface area contributed by atoms with E-state index >= 15 is 0 Å². The van der Waals surface area contributed by atoms with Gasteiger partial charge in [-0.05, 0) is 60.0 Å². The Labute approximate surface area is 183 Å². The number of hydrogen-bond donors (Lipinski definition) is 1. The van der Waals surface area contributed by atoms with Crippen molar-refractivity contribution in [2.45, 2.75) is 13.5 Å². The third-order valence-corrected chi connectivity index (χ3v) is 5.49. The van der Waals surface area contributed by atoms with Gasteiger partial charge in [-0.25, -0.2) is 0 Å². The molecular formula is C23H17Cl2N3O2. The van der Waals surface area contributed by atoms with Gasteiger partial charge >= 0.3 is 0 Å². The first kappa shape index (κ1) is 20.1. The van der Waals surface area contributed by atoms with Gasteiger partial charge in [-0.1, -0.05) is 41.4 Å². The van der Waals surface area contributed by atoms with Gasteiger partial charge in [0.1, 0.15) is 5.70 Å². The SMILES string of the molecule is Cc1ccc(NC2=C(c3ccc(Cl)cc3)C(=O)N(Cc3ccncc3)C2=O)cc1Cl. The second-order valence-electron chi connectivity index (χ2n) is 6.90. The predicted octanol–water partition coefficient (Wildman–Crippen LogP) is 5.09. The fraction of sp³-hybridized carbons (Fsp3) is 0.0870. The first-order chi connectivity index (χ1) is 14.4. The zero-order valence-corrected chi connectivity index (χ0v) is 17.5. The van der Waals surface area contributed by atoms with E-state index in [1.165, 1.54) is 4.90 Å². The summed E-state index contributed by atoms with van der Waals surface area (Å²) in [6.45, 7) is 2.04. The van der Waals surface area contributed by atoms with Crippen LogP contribution in [0.3, 0.4) is 0 Å². The van der Waals surface area contributed by atoms with Gasteiger partial charge in [0.05, 0.1) is 12.1 Å². The van der Waals surface area contributed by atoms with Crippen molar-refractivity contribution in [3.05, 3.63) is 99.4 Å². The van der Waals surface area contributed by atoms with Crippen molar-refractivity contribution >= 4 is 46.3 Å². The van der Waals surface area contributed by atoms with Crippen LogP contribution in [0.5, 0.6) is 0 Å². The van der Waals surface area contributed by atoms with E-state index in [0.717, 1.165) is 11.1 Å². The number of aryl methyl sites for hydroxylation is 1. The van der Waals surface area contributed by atoms with Crippen molar-refractivity contribution in [1.29, 1.82) is 0 Å². The minimum atomic E-state index is -0.404. The van der Waals surface area contributed by atoms with Crippen LogP contribution in [0.1, 0.15) is 16.7 Å². The zero-order chi connectivity index (χ0) is 21.3. The number of hydrogen-bond acceptors (Lipinski definition) is 4. The molecule has 2 amide bonds. The average Bonchev–Trinajstić information content (AvgIpc) is 2.96. The van der Waals surface area contributed by atoms with E-state index in [1.54, 1.807) is 54.9 Å². The highest BCUT2D eigenvalue weighted by molar-refractivity contribution is 6.37. The van der Waals surface area contributed by atoms with Gasteiger partial charge in [0.2, 0.25) is 0 Å². The molecular weight excluding hydrogens is 421 g/mol. The number of halogens is 2. The highest BCUT2D eigenvalue weighted by atomic mass is 35.5. The molecule has 1 aliphatic heterocycles. The second kappa shape index (κ2) is 8.30. The van der Waals surface area contributed by atoms with Gasteiger partial charge in [0, 0.05) is 28.1 Å². The fourth-order valence-corrected chi connectivity index (χ4v) is 3.51. The maximum absolute atomic E-state index is 13.3. The molecule has 5 nitrogen and oxygen atoms in total. The van der Waals surface area contributed by atoms with Crippen LogP contribution in [0, 0.1) is 6.92 Å². The first-order valence-corrected chi connectivity index (χ1v) is 9.98. The van der Waals surface area contributed by atoms with Crippen LogP contribution >= 0.6 is 23.2 Å². The maximum atomic E-state index is 13.3. The number of imide groups is 1. The quantitative estimate of drug-likeness (QED) is 0.564. The Kier molecular flexibility index (Phi) is 5.57. The number of pyridine rings is 1. The molecule has 7 heteroatoms. The number of anilines is 1. The van der Waals surface area contributed by atoms with Gasteiger partial charge < -0.3 is 5.32 Å². The Morgan fingerprint density at radius 2 is 1.63 bits per heavy atom. The average molecular weight is 438 g/mol. The van der Waals surface area contributed by atoms with Crippen molar-refractivity contribution in [1.82, 2.24) is 9.88 Å². The summed E-state index contributed by atoms with van der Waals surface area (Å²) in [5.74, 6) is -0.779. The van der Waals surface area contributed by atoms with Crippen molar-refractivity contribution in [2.24, 2.45) is 0 Å². The van der Waals surface area contributed by atoms with Crippen LogP contribution in [0.4, 0.5) is 5.69 Å². The minimum absolute atomic E-state index is 0.150. The number of rotatable bonds is 5. The molecule has 1 aromatic heterocycles. The number of nitrogens with zero attached hydrogens (tertiary/aromatic N) is 2. The molecule has 30 heavy (non-hydrogen) atoms. The number of carbonyl (C=O) groups excluding carboxylic acids is 2. The van der Waals surface area contributed by atoms with E-state index in [-0.39, 0.29) is 18.1 Å². The molecule has 0 atom stereocenters. The monoisotopic (exact) mass is 437 g/mol. The molecule has 0 radical (unpaired) electrons. The molecule has 2 aromatic carbocycles. The van der Waals surface area contributed by atoms with Gasteiger partial charge in [0.25, 0.3) is 11.8 Å². The van der Waals surface area contributed by atoms with E-state index in [2.05, 4.69) is 10.3 Å². The fourth-order valence-electron chi connectivity index (χ4n) is 3.21. The molecule has 0 aliphatic carbocycles. The van der Waals surface area contributed by atoms with Gasteiger partial charge in [-0.2, -0.15) is 0 Å². The summed E-state index contributed by atoms with van der Waals surface area (Å²) in [5, 5.41) is 4.22. The molecule has 4 rings (SSSR count). The zero-order valence-electron chi connectivity index (χ0n) is 16.0. The normalized spacial score (nSPS) is 13.9. The molecule has 3 aromatic rings. The van der Waals surface area contributed by atoms with Crippen LogP contribution in [0.15, 0.2) is 72.7 Å². The van der Waals surface area contributed by atoms with Crippen LogP contribution in [0.25, 0.3) is 5.57 Å². The lowest BCUT2D eigenvalue weighted by molar-refractivity contribution is -0.137.